The summed E-state index contributed by atoms with van der Waals surface area (Å²) in [5.74, 6) is 0.246. The smallest absolute Gasteiger partial charge is 0.238 e. The molecule has 5 nitrogen and oxygen atoms in total. The Morgan fingerprint density at radius 1 is 1.52 bits per heavy atom. The molecule has 1 aromatic rings. The lowest BCUT2D eigenvalue weighted by Crippen LogP contribution is -2.44. The number of anilines is 1. The number of amides is 1. The molecule has 1 unspecified atom stereocenters. The van der Waals surface area contributed by atoms with Crippen molar-refractivity contribution in [3.63, 3.8) is 0 Å². The van der Waals surface area contributed by atoms with Gasteiger partial charge in [-0.2, -0.15) is 0 Å². The van der Waals surface area contributed by atoms with E-state index in [1.807, 2.05) is 31.2 Å². The Balaban J connectivity index is 1.88. The molecule has 1 amide bonds. The van der Waals surface area contributed by atoms with E-state index in [2.05, 4.69) is 22.3 Å². The number of carbonyl (C=O) groups is 1. The summed E-state index contributed by atoms with van der Waals surface area (Å²) in [6, 6.07) is 7.79. The Labute approximate surface area is 125 Å². The number of likely N-dealkylation sites (tertiary alicyclic amines) is 1. The van der Waals surface area contributed by atoms with Gasteiger partial charge in [0.1, 0.15) is 0 Å². The third-order valence-corrected chi connectivity index (χ3v) is 3.92. The predicted molar refractivity (Wildman–Crippen MR) is 83.9 cm³/mol. The summed E-state index contributed by atoms with van der Waals surface area (Å²) in [4.78, 5) is 14.2. The van der Waals surface area contributed by atoms with Gasteiger partial charge in [-0.1, -0.05) is 24.2 Å². The van der Waals surface area contributed by atoms with E-state index >= 15 is 0 Å². The SMILES string of the molecule is CCC1CN(CC(=O)Nc2cccc(C)c2)CC/C1=N\O. The van der Waals surface area contributed by atoms with Crippen molar-refractivity contribution in [3.8, 4) is 0 Å². The molecule has 0 radical (unpaired) electrons. The average molecular weight is 289 g/mol. The maximum absolute atomic E-state index is 12.1. The van der Waals surface area contributed by atoms with E-state index in [-0.39, 0.29) is 11.8 Å². The summed E-state index contributed by atoms with van der Waals surface area (Å²) in [5, 5.41) is 15.3. The van der Waals surface area contributed by atoms with Gasteiger partial charge in [-0.15, -0.1) is 0 Å². The summed E-state index contributed by atoms with van der Waals surface area (Å²) in [6.07, 6.45) is 1.65. The number of hydrogen-bond acceptors (Lipinski definition) is 4. The Morgan fingerprint density at radius 2 is 2.33 bits per heavy atom. The topological polar surface area (TPSA) is 64.9 Å². The number of carbonyl (C=O) groups excluding carboxylic acids is 1. The van der Waals surface area contributed by atoms with Crippen molar-refractivity contribution in [1.29, 1.82) is 0 Å². The first-order chi connectivity index (χ1) is 10.1. The van der Waals surface area contributed by atoms with Crippen LogP contribution < -0.4 is 5.32 Å². The highest BCUT2D eigenvalue weighted by atomic mass is 16.4. The van der Waals surface area contributed by atoms with Crippen LogP contribution in [0.1, 0.15) is 25.3 Å². The molecule has 21 heavy (non-hydrogen) atoms. The fourth-order valence-corrected chi connectivity index (χ4v) is 2.75. The molecular formula is C16H23N3O2. The molecule has 1 saturated heterocycles. The molecule has 0 aromatic heterocycles. The van der Waals surface area contributed by atoms with Crippen LogP contribution in [0.15, 0.2) is 29.4 Å². The number of piperidine rings is 1. The first-order valence-corrected chi connectivity index (χ1v) is 7.42. The van der Waals surface area contributed by atoms with Gasteiger partial charge >= 0.3 is 0 Å². The van der Waals surface area contributed by atoms with E-state index in [9.17, 15) is 4.79 Å². The quantitative estimate of drug-likeness (QED) is 0.661. The minimum Gasteiger partial charge on any atom is -0.411 e. The molecular weight excluding hydrogens is 266 g/mol. The van der Waals surface area contributed by atoms with Crippen molar-refractivity contribution in [2.45, 2.75) is 26.7 Å². The van der Waals surface area contributed by atoms with E-state index in [0.29, 0.717) is 6.54 Å². The van der Waals surface area contributed by atoms with Crippen molar-refractivity contribution in [2.24, 2.45) is 11.1 Å². The van der Waals surface area contributed by atoms with Crippen LogP contribution in [0.4, 0.5) is 5.69 Å². The van der Waals surface area contributed by atoms with Crippen LogP contribution in [0.2, 0.25) is 0 Å². The highest BCUT2D eigenvalue weighted by Crippen LogP contribution is 2.17. The number of aryl methyl sites for hydroxylation is 1. The lowest BCUT2D eigenvalue weighted by molar-refractivity contribution is -0.117. The highest BCUT2D eigenvalue weighted by molar-refractivity contribution is 5.92. The van der Waals surface area contributed by atoms with Gasteiger partial charge in [0, 0.05) is 31.1 Å². The fraction of sp³-hybridized carbons (Fsp3) is 0.500. The van der Waals surface area contributed by atoms with Crippen LogP contribution in [-0.4, -0.2) is 41.4 Å². The number of nitrogens with zero attached hydrogens (tertiary/aromatic N) is 2. The van der Waals surface area contributed by atoms with E-state index in [0.717, 1.165) is 42.9 Å². The molecule has 0 bridgehead atoms. The zero-order valence-corrected chi connectivity index (χ0v) is 12.7. The van der Waals surface area contributed by atoms with Gasteiger partial charge in [-0.3, -0.25) is 9.69 Å². The first-order valence-electron chi connectivity index (χ1n) is 7.42. The van der Waals surface area contributed by atoms with Crippen LogP contribution in [-0.2, 0) is 4.79 Å². The zero-order chi connectivity index (χ0) is 15.2. The van der Waals surface area contributed by atoms with Crippen molar-refractivity contribution in [2.75, 3.05) is 25.0 Å². The molecule has 2 N–H and O–H groups in total. The molecule has 0 saturated carbocycles. The van der Waals surface area contributed by atoms with Crippen LogP contribution >= 0.6 is 0 Å². The van der Waals surface area contributed by atoms with E-state index in [1.165, 1.54) is 0 Å². The highest BCUT2D eigenvalue weighted by Gasteiger charge is 2.25. The molecule has 1 aliphatic heterocycles. The maximum atomic E-state index is 12.1. The summed E-state index contributed by atoms with van der Waals surface area (Å²) < 4.78 is 0. The van der Waals surface area contributed by atoms with E-state index in [4.69, 9.17) is 5.21 Å². The van der Waals surface area contributed by atoms with Crippen molar-refractivity contribution in [1.82, 2.24) is 4.90 Å². The molecule has 0 spiro atoms. The van der Waals surface area contributed by atoms with E-state index in [1.54, 1.807) is 0 Å². The average Bonchev–Trinajstić information content (AvgIpc) is 2.47. The lowest BCUT2D eigenvalue weighted by Gasteiger charge is -2.32. The summed E-state index contributed by atoms with van der Waals surface area (Å²) in [7, 11) is 0. The Kier molecular flexibility index (Phi) is 5.33. The zero-order valence-electron chi connectivity index (χ0n) is 12.7. The van der Waals surface area contributed by atoms with Gasteiger partial charge in [0.2, 0.25) is 5.91 Å². The molecule has 1 atom stereocenters. The molecule has 114 valence electrons. The summed E-state index contributed by atoms with van der Waals surface area (Å²) in [5.41, 5.74) is 2.81. The fourth-order valence-electron chi connectivity index (χ4n) is 2.75. The number of rotatable bonds is 4. The maximum Gasteiger partial charge on any atom is 0.238 e. The van der Waals surface area contributed by atoms with Gasteiger partial charge in [-0.25, -0.2) is 0 Å². The van der Waals surface area contributed by atoms with Crippen LogP contribution in [0.25, 0.3) is 0 Å². The van der Waals surface area contributed by atoms with Crippen LogP contribution in [0.3, 0.4) is 0 Å². The van der Waals surface area contributed by atoms with Crippen LogP contribution in [0, 0.1) is 12.8 Å². The first kappa shape index (κ1) is 15.5. The molecule has 1 fully saturated rings. The second kappa shape index (κ2) is 7.22. The van der Waals surface area contributed by atoms with Crippen molar-refractivity contribution < 1.29 is 10.0 Å². The van der Waals surface area contributed by atoms with Crippen molar-refractivity contribution in [3.05, 3.63) is 29.8 Å². The van der Waals surface area contributed by atoms with Crippen molar-refractivity contribution >= 4 is 17.3 Å². The number of hydrogen-bond donors (Lipinski definition) is 2. The van der Waals surface area contributed by atoms with Gasteiger partial charge < -0.3 is 10.5 Å². The standard InChI is InChI=1S/C16H23N3O2/c1-3-13-10-19(8-7-15(13)18-21)11-16(20)17-14-6-4-5-12(2)9-14/h4-6,9,13,21H,3,7-8,10-11H2,1-2H3,(H,17,20)/b18-15+. The Bertz CT molecular complexity index is 528. The predicted octanol–water partition coefficient (Wildman–Crippen LogP) is 2.50. The minimum absolute atomic E-state index is 0.000148. The van der Waals surface area contributed by atoms with Gasteiger partial charge in [0.25, 0.3) is 0 Å². The van der Waals surface area contributed by atoms with E-state index < -0.39 is 0 Å². The molecule has 5 heteroatoms. The molecule has 1 heterocycles. The normalized spacial score (nSPS) is 21.4. The monoisotopic (exact) mass is 289 g/mol. The van der Waals surface area contributed by atoms with Gasteiger partial charge in [-0.05, 0) is 31.0 Å². The molecule has 2 rings (SSSR count). The second-order valence-corrected chi connectivity index (χ2v) is 5.60. The number of benzene rings is 1. The number of nitrogens with one attached hydrogen (secondary N) is 1. The minimum atomic E-state index is -0.000148. The third-order valence-electron chi connectivity index (χ3n) is 3.92. The second-order valence-electron chi connectivity index (χ2n) is 5.60. The lowest BCUT2D eigenvalue weighted by atomic mass is 9.93. The molecule has 1 aromatic carbocycles. The number of oxime groups is 1. The largest absolute Gasteiger partial charge is 0.411 e. The Hall–Kier alpha value is -1.88. The van der Waals surface area contributed by atoms with Gasteiger partial charge in [0.15, 0.2) is 0 Å². The Morgan fingerprint density at radius 3 is 3.00 bits per heavy atom. The van der Waals surface area contributed by atoms with Gasteiger partial charge in [0.05, 0.1) is 12.3 Å². The van der Waals surface area contributed by atoms with Crippen LogP contribution in [0.5, 0.6) is 0 Å². The summed E-state index contributed by atoms with van der Waals surface area (Å²) >= 11 is 0. The summed E-state index contributed by atoms with van der Waals surface area (Å²) in [6.45, 7) is 5.99. The third kappa shape index (κ3) is 4.29. The molecule has 1 aliphatic rings. The molecule has 0 aliphatic carbocycles.